The lowest BCUT2D eigenvalue weighted by atomic mass is 9.81. The van der Waals surface area contributed by atoms with Crippen LogP contribution in [0.2, 0.25) is 5.15 Å². The van der Waals surface area contributed by atoms with Crippen molar-refractivity contribution in [2.45, 2.75) is 191 Å². The number of para-hydroxylation sites is 3. The molecule has 51 heteroatoms. The topological polar surface area (TPSA) is 431 Å². The molecule has 5 N–H and O–H groups in total. The number of ether oxygens (including phenoxy) is 5. The molecule has 4 aliphatic carbocycles. The number of azide groups is 1. The summed E-state index contributed by atoms with van der Waals surface area (Å²) in [4.78, 5) is 94.5. The molecule has 0 spiro atoms. The summed E-state index contributed by atoms with van der Waals surface area (Å²) in [5, 5.41) is 22.5. The third kappa shape index (κ3) is 36.4. The number of nitrogens with zero attached hydrogens (tertiary/aromatic N) is 7. The summed E-state index contributed by atoms with van der Waals surface area (Å²) in [6, 6.07) is 36.9. The average Bonchev–Trinajstić information content (AvgIpc) is 1.59. The molecule has 3 aromatic heterocycles. The molecule has 0 bridgehead atoms. The van der Waals surface area contributed by atoms with Gasteiger partial charge >= 0.3 is 44.4 Å². The first kappa shape index (κ1) is 119. The minimum absolute atomic E-state index is 0.0276. The Bertz CT molecular complexity index is 6630. The number of amides is 4. The molecular weight excluding hydrogens is 2120 g/mol. The van der Waals surface area contributed by atoms with E-state index in [1.807, 2.05) is 48.5 Å². The van der Waals surface area contributed by atoms with E-state index in [1.165, 1.54) is 101 Å². The molecule has 6 fully saturated rings. The van der Waals surface area contributed by atoms with E-state index in [-0.39, 0.29) is 150 Å². The summed E-state index contributed by atoms with van der Waals surface area (Å²) in [5.41, 5.74) is 6.06. The van der Waals surface area contributed by atoms with Crippen LogP contribution in [0.15, 0.2) is 217 Å². The van der Waals surface area contributed by atoms with Gasteiger partial charge in [-0.15, -0.1) is 65.8 Å². The number of benzene rings is 6. The molecule has 6 aliphatic rings. The van der Waals surface area contributed by atoms with Crippen LogP contribution >= 0.6 is 58.3 Å². The molecule has 31 nitrogen and oxygen atoms in total. The van der Waals surface area contributed by atoms with Gasteiger partial charge < -0.3 is 68.4 Å². The lowest BCUT2D eigenvalue weighted by molar-refractivity contribution is -0.275. The summed E-state index contributed by atoms with van der Waals surface area (Å²) in [7, 11) is -10.3. The average molecular weight is 2230 g/mol. The van der Waals surface area contributed by atoms with Crippen LogP contribution in [0.3, 0.4) is 0 Å². The van der Waals surface area contributed by atoms with Crippen molar-refractivity contribution in [3.63, 3.8) is 0 Å². The third-order valence-corrected chi connectivity index (χ3v) is 30.2. The minimum Gasteiger partial charge on any atom is -0.478 e. The van der Waals surface area contributed by atoms with Gasteiger partial charge in [-0.2, -0.15) is 0 Å². The Balaban J connectivity index is 0.000000205. The molecule has 0 radical (unpaired) electrons. The highest BCUT2D eigenvalue weighted by molar-refractivity contribution is 8.24. The number of likely N-dealkylation sites (tertiary alicyclic amines) is 2. The number of halogens is 16. The number of aromatic nitrogens is 3. The maximum absolute atomic E-state index is 13.9. The summed E-state index contributed by atoms with van der Waals surface area (Å²) in [6.45, 7) is 23.3. The van der Waals surface area contributed by atoms with Crippen LogP contribution < -0.4 is 48.9 Å². The van der Waals surface area contributed by atoms with Crippen molar-refractivity contribution >= 4 is 146 Å². The number of aliphatic hydroxyl groups excluding tert-OH is 1. The fourth-order valence-electron chi connectivity index (χ4n) is 15.4. The molecule has 798 valence electrons. The van der Waals surface area contributed by atoms with Gasteiger partial charge in [0.05, 0.1) is 40.0 Å². The SMILES string of the molecule is C=C[C@@H]1C[C@@]1(CCS(=O)(=O)C1CC1)NC(=O)[C@@H]1C[C@@H](O)CN1C(=O)[C@@H](C)C(C)(C)C.C=C[C@@H]1C[C@@]1(CCS(=O)(=O)C1CC1)NC(=O)[C@@H]1C[C@@H](Oc2nccc3c(OC(F)(F)F)cccc23)CN1C(=O)[C@@H](C)C(C)(C)C.FC(F)(F)Oc1cccc2c(Cl)nccc12.O=C(O)/C=C/c1ccccc1OC(F)(F)F.O=P(Cl)(Cl)Cl.O=c1[nH]ccc2c(OC(F)(F)F)cccc12.[N-]=[N+]=NP(=O)(Oc1ccccc1)Oc1ccccc1. The Morgan fingerprint density at radius 2 is 0.952 bits per heavy atom. The molecule has 4 saturated carbocycles. The number of pyridine rings is 3. The normalized spacial score (nSPS) is 20.1. The number of sulfone groups is 2. The number of aromatic amines is 1. The number of carboxylic acid groups (broad SMARTS) is 1. The van der Waals surface area contributed by atoms with Gasteiger partial charge in [-0.05, 0) is 186 Å². The largest absolute Gasteiger partial charge is 0.573 e. The minimum atomic E-state index is -4.89. The van der Waals surface area contributed by atoms with Crippen LogP contribution in [-0.2, 0) is 52.8 Å². The van der Waals surface area contributed by atoms with Gasteiger partial charge in [0.15, 0.2) is 19.7 Å². The van der Waals surface area contributed by atoms with E-state index in [4.69, 9.17) is 36.0 Å². The number of aliphatic hydroxyl groups is 1. The summed E-state index contributed by atoms with van der Waals surface area (Å²) in [5.74, 6) is -3.96. The van der Waals surface area contributed by atoms with Gasteiger partial charge in [-0.25, -0.2) is 36.2 Å². The Kier molecular flexibility index (Phi) is 39.9. The van der Waals surface area contributed by atoms with Crippen LogP contribution in [0.25, 0.3) is 48.8 Å². The molecule has 9 aromatic rings. The van der Waals surface area contributed by atoms with E-state index in [0.717, 1.165) is 37.1 Å². The number of β-amino-alcohol motifs (C(OH)–C–C–N with tert-alkyl or cyclic N) is 1. The van der Waals surface area contributed by atoms with Crippen LogP contribution in [0.4, 0.5) is 52.7 Å². The van der Waals surface area contributed by atoms with E-state index in [9.17, 15) is 113 Å². The fraction of sp³-hybridized carbons (Fsp3) is 0.417. The maximum atomic E-state index is 13.9. The van der Waals surface area contributed by atoms with Crippen molar-refractivity contribution in [2.75, 3.05) is 24.6 Å². The van der Waals surface area contributed by atoms with Crippen molar-refractivity contribution in [3.05, 3.63) is 239 Å². The Morgan fingerprint density at radius 3 is 1.37 bits per heavy atom. The van der Waals surface area contributed by atoms with Crippen molar-refractivity contribution < 1.29 is 146 Å². The van der Waals surface area contributed by atoms with Crippen molar-refractivity contribution in [3.8, 4) is 40.4 Å². The van der Waals surface area contributed by atoms with E-state index in [1.54, 1.807) is 91.9 Å². The number of carboxylic acids is 1. The monoisotopic (exact) mass is 2230 g/mol. The molecule has 147 heavy (non-hydrogen) atoms. The third-order valence-electron chi connectivity index (χ3n) is 24.2. The molecule has 0 unspecified atom stereocenters. The molecule has 4 amide bonds. The number of hydrogen-bond acceptors (Lipinski definition) is 22. The number of alkyl halides is 12. The predicted molar refractivity (Wildman–Crippen MR) is 528 cm³/mol. The highest BCUT2D eigenvalue weighted by Gasteiger charge is 2.58. The lowest BCUT2D eigenvalue weighted by Crippen LogP contribution is -2.52. The van der Waals surface area contributed by atoms with E-state index in [0.29, 0.717) is 49.0 Å². The van der Waals surface area contributed by atoms with Crippen LogP contribution in [0.5, 0.6) is 40.4 Å². The number of hydrogen-bond donors (Lipinski definition) is 5. The zero-order valence-corrected chi connectivity index (χ0v) is 86.1. The van der Waals surface area contributed by atoms with Crippen molar-refractivity contribution in [1.82, 2.24) is 35.4 Å². The molecule has 2 saturated heterocycles. The Morgan fingerprint density at radius 1 is 0.565 bits per heavy atom. The van der Waals surface area contributed by atoms with Gasteiger partial charge in [-0.3, -0.25) is 28.5 Å². The van der Waals surface area contributed by atoms with E-state index in [2.05, 4.69) is 101 Å². The van der Waals surface area contributed by atoms with Gasteiger partial charge in [0.1, 0.15) is 57.8 Å². The number of carbonyl (C=O) groups is 5. The van der Waals surface area contributed by atoms with Crippen LogP contribution in [0.1, 0.15) is 125 Å². The second kappa shape index (κ2) is 49.3. The fourth-order valence-corrected chi connectivity index (χ4v) is 20.3. The second-order valence-corrected chi connectivity index (χ2v) is 50.0. The molecule has 15 rings (SSSR count). The first-order valence-electron chi connectivity index (χ1n) is 45.0. The lowest BCUT2D eigenvalue weighted by Gasteiger charge is -2.33. The smallest absolute Gasteiger partial charge is 0.478 e. The molecule has 10 atom stereocenters. The first-order valence-corrected chi connectivity index (χ1v) is 54.7. The highest BCUT2D eigenvalue weighted by Crippen LogP contribution is 2.61. The zero-order valence-electron chi connectivity index (χ0n) is 79.7. The van der Waals surface area contributed by atoms with Crippen molar-refractivity contribution in [2.24, 2.45) is 39.4 Å². The molecule has 5 heterocycles. The first-order chi connectivity index (χ1) is 68.3. The van der Waals surface area contributed by atoms with E-state index < -0.39 is 134 Å². The van der Waals surface area contributed by atoms with Gasteiger partial charge in [0.25, 0.3) is 5.56 Å². The van der Waals surface area contributed by atoms with Gasteiger partial charge in [0, 0.05) is 121 Å². The Hall–Kier alpha value is -11.5. The van der Waals surface area contributed by atoms with Gasteiger partial charge in [-0.1, -0.05) is 158 Å². The number of fused-ring (bicyclic) bond motifs is 3. The Labute approximate surface area is 856 Å². The highest BCUT2D eigenvalue weighted by atomic mass is 36.0. The number of aliphatic carboxylic acids is 1. The predicted octanol–water partition coefficient (Wildman–Crippen LogP) is 23.1. The van der Waals surface area contributed by atoms with Crippen molar-refractivity contribution in [1.29, 1.82) is 0 Å². The number of H-pyrrole nitrogens is 1. The standard InChI is InChI=1S/C32H40F3N3O6S.C22H36N2O5S.C12H10N3O3P.C10H5ClF3NO.C10H6F3NO2.C10H7F3O3.Cl3OP/c1-6-20-17-31(20,13-15-45(41,42)22-10-11-22)37-27(39)25-16-21(18-38(25)29(40)19(2)30(3,4)5)43-28-24-8-7-9-26(44-32(33,34)35)23(24)12-14-36-28;1-6-15-12-22(15,9-10-30(28,29)17-7-8-17)23-19(26)18-11-16(25)13-24(18)20(27)14(2)21(3,4)5;13-14-15-19(16,17-11-7-3-1-4-8-11)18-12-9-5-2-6-10-12;11-9-7-2-1-3-8(16-10(12,13)14)6(7)4-5-15-9;11-10(12,13)16-8-3-1-2-7-6(8)4-5-14-9(7)15;11-10(12,13)16-8-4-2-1-3-7(8)5-6-9(14)15;1-5(2,3)4/h6-9,12,14,19-22,25H,1,10-11,13,15-18H2,2-5H3,(H,37,39);6,14-18,25H,1,7-13H2,2-5H3,(H,23,26);1-10H;1-5H;1-5H,(H,14,15);1-6H,(H,14,15);/b;;;;;6-5+;/t19-,20-,21-,25+,31-;14-,15-,16-,18+,22-;;;;;/m11...../s1. The number of rotatable bonds is 29. The second-order valence-electron chi connectivity index (χ2n) is 36.8. The van der Waals surface area contributed by atoms with E-state index >= 15 is 0 Å². The number of carbonyl (C=O) groups excluding carboxylic acids is 4. The van der Waals surface area contributed by atoms with Crippen LogP contribution in [0, 0.1) is 34.5 Å². The molecule has 2 aliphatic heterocycles. The summed E-state index contributed by atoms with van der Waals surface area (Å²) in [6.07, 6.45) is -6.50. The molecular formula is C96H104Cl4F12N10O21P2S2. The van der Waals surface area contributed by atoms with Crippen LogP contribution in [-0.4, -0.2) is 177 Å². The van der Waals surface area contributed by atoms with Gasteiger partial charge in [0.2, 0.25) is 29.5 Å². The molecule has 6 aromatic carbocycles. The quantitative estimate of drug-likeness (QED) is 0.00425. The summed E-state index contributed by atoms with van der Waals surface area (Å²) < 4.78 is 251. The number of nitrogens with one attached hydrogen (secondary N) is 3. The summed E-state index contributed by atoms with van der Waals surface area (Å²) >= 11 is 19.6. The maximum Gasteiger partial charge on any atom is 0.573 e. The zero-order chi connectivity index (χ0) is 109.